The monoisotopic (exact) mass is 328 g/mol. The Morgan fingerprint density at radius 1 is 1.33 bits per heavy atom. The van der Waals surface area contributed by atoms with Crippen molar-refractivity contribution in [3.63, 3.8) is 0 Å². The molecule has 0 spiro atoms. The minimum Gasteiger partial charge on any atom is -0.356 e. The Hall–Kier alpha value is -0.490. The third-order valence-corrected chi connectivity index (χ3v) is 4.74. The zero-order chi connectivity index (χ0) is 14.8. The summed E-state index contributed by atoms with van der Waals surface area (Å²) in [6, 6.07) is 0. The second-order valence-corrected chi connectivity index (χ2v) is 6.22. The van der Waals surface area contributed by atoms with E-state index in [2.05, 4.69) is 10.6 Å². The number of nitrogens with one attached hydrogen (secondary N) is 2. The number of carbonyl (C=O) groups is 1. The molecule has 3 nitrogen and oxygen atoms in total. The fourth-order valence-electron chi connectivity index (χ4n) is 3.06. The number of carbonyl (C=O) groups excluding carboxylic acids is 1. The molecule has 3 unspecified atom stereocenters. The van der Waals surface area contributed by atoms with E-state index in [0.29, 0.717) is 18.9 Å². The highest BCUT2D eigenvalue weighted by atomic mass is 35.5. The van der Waals surface area contributed by atoms with Crippen LogP contribution in [-0.4, -0.2) is 31.7 Å². The molecule has 124 valence electrons. The zero-order valence-electron chi connectivity index (χ0n) is 12.2. The Bertz CT molecular complexity index is 348. The number of halogens is 4. The first kappa shape index (κ1) is 18.6. The average Bonchev–Trinajstić information content (AvgIpc) is 2.33. The molecule has 2 N–H and O–H groups in total. The highest BCUT2D eigenvalue weighted by Crippen LogP contribution is 2.39. The number of amides is 1. The van der Waals surface area contributed by atoms with Gasteiger partial charge in [-0.05, 0) is 44.2 Å². The number of hydrogen-bond donors (Lipinski definition) is 2. The Balaban J connectivity index is 0.00000220. The lowest BCUT2D eigenvalue weighted by Gasteiger charge is -2.33. The molecule has 1 aliphatic carbocycles. The third-order valence-electron chi connectivity index (χ3n) is 4.74. The maximum Gasteiger partial charge on any atom is 0.391 e. The van der Waals surface area contributed by atoms with Crippen LogP contribution >= 0.6 is 12.4 Å². The Kier molecular flexibility index (Phi) is 6.78. The van der Waals surface area contributed by atoms with Gasteiger partial charge in [-0.1, -0.05) is 13.3 Å². The molecule has 21 heavy (non-hydrogen) atoms. The molecule has 0 aromatic rings. The molecule has 1 saturated heterocycles. The van der Waals surface area contributed by atoms with E-state index in [1.807, 2.05) is 6.92 Å². The van der Waals surface area contributed by atoms with E-state index in [1.54, 1.807) is 0 Å². The van der Waals surface area contributed by atoms with Crippen molar-refractivity contribution < 1.29 is 18.0 Å². The van der Waals surface area contributed by atoms with Gasteiger partial charge in [0.05, 0.1) is 5.92 Å². The Morgan fingerprint density at radius 2 is 2.00 bits per heavy atom. The smallest absolute Gasteiger partial charge is 0.356 e. The molecule has 2 fully saturated rings. The maximum absolute atomic E-state index is 12.7. The highest BCUT2D eigenvalue weighted by Gasteiger charge is 2.42. The highest BCUT2D eigenvalue weighted by molar-refractivity contribution is 5.85. The van der Waals surface area contributed by atoms with Crippen LogP contribution < -0.4 is 10.6 Å². The summed E-state index contributed by atoms with van der Waals surface area (Å²) in [6.07, 6.45) is -2.31. The third kappa shape index (κ3) is 5.02. The van der Waals surface area contributed by atoms with E-state index in [-0.39, 0.29) is 43.0 Å². The van der Waals surface area contributed by atoms with Gasteiger partial charge in [-0.3, -0.25) is 4.79 Å². The van der Waals surface area contributed by atoms with Gasteiger partial charge in [0.25, 0.3) is 0 Å². The van der Waals surface area contributed by atoms with Crippen LogP contribution in [0.1, 0.15) is 32.6 Å². The summed E-state index contributed by atoms with van der Waals surface area (Å²) in [4.78, 5) is 11.9. The van der Waals surface area contributed by atoms with Crippen molar-refractivity contribution in [3.8, 4) is 0 Å². The van der Waals surface area contributed by atoms with E-state index in [4.69, 9.17) is 0 Å². The van der Waals surface area contributed by atoms with Crippen LogP contribution in [-0.2, 0) is 4.79 Å². The molecule has 2 aliphatic rings. The molecular formula is C14H24ClF3N2O. The van der Waals surface area contributed by atoms with Gasteiger partial charge in [0.1, 0.15) is 0 Å². The van der Waals surface area contributed by atoms with Gasteiger partial charge in [-0.2, -0.15) is 13.2 Å². The van der Waals surface area contributed by atoms with Crippen LogP contribution in [0, 0.1) is 23.7 Å². The van der Waals surface area contributed by atoms with Gasteiger partial charge in [-0.15, -0.1) is 12.4 Å². The van der Waals surface area contributed by atoms with Crippen LogP contribution in [0.5, 0.6) is 0 Å². The van der Waals surface area contributed by atoms with Crippen LogP contribution in [0.25, 0.3) is 0 Å². The van der Waals surface area contributed by atoms with E-state index >= 15 is 0 Å². The summed E-state index contributed by atoms with van der Waals surface area (Å²) in [7, 11) is 0. The molecule has 1 saturated carbocycles. The topological polar surface area (TPSA) is 41.1 Å². The predicted octanol–water partition coefficient (Wildman–Crippen LogP) is 2.75. The molecular weight excluding hydrogens is 305 g/mol. The van der Waals surface area contributed by atoms with Crippen molar-refractivity contribution in [3.05, 3.63) is 0 Å². The van der Waals surface area contributed by atoms with Gasteiger partial charge < -0.3 is 10.6 Å². The molecule has 0 radical (unpaired) electrons. The molecule has 2 rings (SSSR count). The van der Waals surface area contributed by atoms with Crippen LogP contribution in [0.4, 0.5) is 13.2 Å². The minimum absolute atomic E-state index is 0. The van der Waals surface area contributed by atoms with Gasteiger partial charge in [0.2, 0.25) is 5.91 Å². The first-order valence-corrected chi connectivity index (χ1v) is 7.43. The molecule has 1 aliphatic heterocycles. The lowest BCUT2D eigenvalue weighted by Crippen LogP contribution is -2.50. The summed E-state index contributed by atoms with van der Waals surface area (Å²) in [5.41, 5.74) is 0. The van der Waals surface area contributed by atoms with E-state index in [0.717, 1.165) is 19.5 Å². The summed E-state index contributed by atoms with van der Waals surface area (Å²) in [6.45, 7) is 3.98. The zero-order valence-corrected chi connectivity index (χ0v) is 13.0. The van der Waals surface area contributed by atoms with Gasteiger partial charge in [0, 0.05) is 12.5 Å². The van der Waals surface area contributed by atoms with Crippen molar-refractivity contribution in [2.45, 2.75) is 38.8 Å². The lowest BCUT2D eigenvalue weighted by molar-refractivity contribution is -0.185. The minimum atomic E-state index is -4.09. The van der Waals surface area contributed by atoms with Crippen molar-refractivity contribution in [2.24, 2.45) is 23.7 Å². The normalized spacial score (nSPS) is 28.2. The summed E-state index contributed by atoms with van der Waals surface area (Å²) >= 11 is 0. The molecule has 1 amide bonds. The van der Waals surface area contributed by atoms with E-state index < -0.39 is 12.1 Å². The molecule has 0 bridgehead atoms. The molecule has 1 heterocycles. The molecule has 7 heteroatoms. The Morgan fingerprint density at radius 3 is 2.52 bits per heavy atom. The lowest BCUT2D eigenvalue weighted by atomic mass is 9.81. The van der Waals surface area contributed by atoms with Crippen LogP contribution in [0.15, 0.2) is 0 Å². The molecule has 3 atom stereocenters. The second kappa shape index (κ2) is 7.68. The number of rotatable bonds is 4. The van der Waals surface area contributed by atoms with Crippen LogP contribution in [0.2, 0.25) is 0 Å². The standard InChI is InChI=1S/C14H23F3N2O.ClH/c1-9(11-7-18-8-11)13(20)19-6-10-3-2-4-12(5-10)14(15,16)17;/h9-12,18H,2-8H2,1H3,(H,19,20);1H. The second-order valence-electron chi connectivity index (χ2n) is 6.22. The van der Waals surface area contributed by atoms with Crippen LogP contribution in [0.3, 0.4) is 0 Å². The molecule has 0 aromatic heterocycles. The molecule has 0 aromatic carbocycles. The summed E-state index contributed by atoms with van der Waals surface area (Å²) < 4.78 is 38.1. The largest absolute Gasteiger partial charge is 0.391 e. The quantitative estimate of drug-likeness (QED) is 0.833. The van der Waals surface area contributed by atoms with Gasteiger partial charge in [0.15, 0.2) is 0 Å². The number of alkyl halides is 3. The van der Waals surface area contributed by atoms with Gasteiger partial charge in [-0.25, -0.2) is 0 Å². The first-order chi connectivity index (χ1) is 9.38. The Labute approximate surface area is 129 Å². The SMILES string of the molecule is CC(C(=O)NCC1CCCC(C(F)(F)F)C1)C1CNC1.Cl. The fraction of sp³-hybridized carbons (Fsp3) is 0.929. The van der Waals surface area contributed by atoms with Gasteiger partial charge >= 0.3 is 6.18 Å². The van der Waals surface area contributed by atoms with Crippen molar-refractivity contribution >= 4 is 18.3 Å². The summed E-state index contributed by atoms with van der Waals surface area (Å²) in [5.74, 6) is -0.939. The maximum atomic E-state index is 12.7. The van der Waals surface area contributed by atoms with E-state index in [1.165, 1.54) is 0 Å². The number of hydrogen-bond acceptors (Lipinski definition) is 2. The predicted molar refractivity (Wildman–Crippen MR) is 77.3 cm³/mol. The van der Waals surface area contributed by atoms with E-state index in [9.17, 15) is 18.0 Å². The average molecular weight is 329 g/mol. The van der Waals surface area contributed by atoms with Crippen molar-refractivity contribution in [1.82, 2.24) is 10.6 Å². The van der Waals surface area contributed by atoms with Crippen molar-refractivity contribution in [1.29, 1.82) is 0 Å². The van der Waals surface area contributed by atoms with Crippen molar-refractivity contribution in [2.75, 3.05) is 19.6 Å². The fourth-order valence-corrected chi connectivity index (χ4v) is 3.06. The first-order valence-electron chi connectivity index (χ1n) is 7.43. The summed E-state index contributed by atoms with van der Waals surface area (Å²) in [5, 5.41) is 5.96.